The summed E-state index contributed by atoms with van der Waals surface area (Å²) in [6.07, 6.45) is 9.24. The molecule has 2 bridgehead atoms. The summed E-state index contributed by atoms with van der Waals surface area (Å²) in [7, 11) is 2.18. The Labute approximate surface area is 156 Å². The van der Waals surface area contributed by atoms with Crippen LogP contribution < -0.4 is 0 Å². The number of ether oxygens (including phenoxy) is 1. The van der Waals surface area contributed by atoms with Crippen LogP contribution in [0, 0.1) is 5.92 Å². The van der Waals surface area contributed by atoms with Crippen LogP contribution in [0.5, 0.6) is 0 Å². The highest BCUT2D eigenvalue weighted by molar-refractivity contribution is 5.81. The summed E-state index contributed by atoms with van der Waals surface area (Å²) in [4.78, 5) is 15.7. The van der Waals surface area contributed by atoms with Gasteiger partial charge in [0, 0.05) is 18.0 Å². The Morgan fingerprint density at radius 2 is 1.65 bits per heavy atom. The molecule has 2 heterocycles. The van der Waals surface area contributed by atoms with Crippen LogP contribution in [0.2, 0.25) is 0 Å². The molecule has 1 aromatic rings. The fourth-order valence-corrected chi connectivity index (χ4v) is 5.43. The third-order valence-electron chi connectivity index (χ3n) is 7.05. The fraction of sp³-hybridized carbons (Fsp3) is 0.682. The van der Waals surface area contributed by atoms with Crippen LogP contribution >= 0.6 is 0 Å². The SMILES string of the molecule is CN1[C@@H]2CC[C@H]1CC(OC(=O)[C@](O)(c1ccccc1)C1CCCCC1)C2. The Kier molecular flexibility index (Phi) is 5.07. The lowest BCUT2D eigenvalue weighted by Crippen LogP contribution is -2.49. The zero-order valence-corrected chi connectivity index (χ0v) is 15.8. The Balaban J connectivity index is 1.55. The first kappa shape index (κ1) is 18.0. The summed E-state index contributed by atoms with van der Waals surface area (Å²) in [5, 5.41) is 11.6. The zero-order valence-electron chi connectivity index (χ0n) is 15.8. The molecule has 3 fully saturated rings. The average molecular weight is 357 g/mol. The normalized spacial score (nSPS) is 32.2. The molecule has 2 saturated heterocycles. The maximum Gasteiger partial charge on any atom is 0.343 e. The maximum absolute atomic E-state index is 13.3. The minimum atomic E-state index is -1.51. The third-order valence-corrected chi connectivity index (χ3v) is 7.05. The van der Waals surface area contributed by atoms with Crippen molar-refractivity contribution in [1.82, 2.24) is 4.90 Å². The molecule has 0 radical (unpaired) electrons. The second-order valence-corrected chi connectivity index (χ2v) is 8.52. The summed E-state index contributed by atoms with van der Waals surface area (Å²) in [6, 6.07) is 10.5. The lowest BCUT2D eigenvalue weighted by atomic mass is 9.73. The van der Waals surface area contributed by atoms with Gasteiger partial charge in [0.15, 0.2) is 5.60 Å². The number of benzene rings is 1. The lowest BCUT2D eigenvalue weighted by molar-refractivity contribution is -0.184. The lowest BCUT2D eigenvalue weighted by Gasteiger charge is -2.40. The van der Waals surface area contributed by atoms with E-state index in [1.54, 1.807) is 0 Å². The Bertz CT molecular complexity index is 614. The van der Waals surface area contributed by atoms with Crippen molar-refractivity contribution in [2.24, 2.45) is 5.92 Å². The highest BCUT2D eigenvalue weighted by Gasteiger charge is 2.49. The van der Waals surface area contributed by atoms with Gasteiger partial charge < -0.3 is 14.7 Å². The zero-order chi connectivity index (χ0) is 18.1. The third kappa shape index (κ3) is 3.18. The molecule has 4 nitrogen and oxygen atoms in total. The number of nitrogens with zero attached hydrogens (tertiary/aromatic N) is 1. The summed E-state index contributed by atoms with van der Waals surface area (Å²) < 4.78 is 5.98. The first-order valence-electron chi connectivity index (χ1n) is 10.3. The largest absolute Gasteiger partial charge is 0.460 e. The van der Waals surface area contributed by atoms with E-state index in [2.05, 4.69) is 11.9 Å². The van der Waals surface area contributed by atoms with E-state index in [1.807, 2.05) is 30.3 Å². The van der Waals surface area contributed by atoms with Gasteiger partial charge in [-0.25, -0.2) is 4.79 Å². The molecule has 142 valence electrons. The molecule has 4 atom stereocenters. The van der Waals surface area contributed by atoms with Gasteiger partial charge in [-0.15, -0.1) is 0 Å². The van der Waals surface area contributed by atoms with Crippen LogP contribution in [0.25, 0.3) is 0 Å². The first-order chi connectivity index (χ1) is 12.6. The van der Waals surface area contributed by atoms with Crippen molar-refractivity contribution in [3.8, 4) is 0 Å². The number of fused-ring (bicyclic) bond motifs is 2. The standard InChI is InChI=1S/C22H31NO3/c1-23-18-12-13-19(23)15-20(14-18)26-21(24)22(25,16-8-4-2-5-9-16)17-10-6-3-7-11-17/h2,4-5,8-9,17-20,25H,3,6-7,10-15H2,1H3/t18-,19+,20?,22-/m0/s1. The van der Waals surface area contributed by atoms with E-state index in [0.717, 1.165) is 38.5 Å². The summed E-state index contributed by atoms with van der Waals surface area (Å²) in [6.45, 7) is 0. The maximum atomic E-state index is 13.3. The van der Waals surface area contributed by atoms with Gasteiger partial charge in [0.05, 0.1) is 0 Å². The van der Waals surface area contributed by atoms with Gasteiger partial charge in [0.2, 0.25) is 0 Å². The van der Waals surface area contributed by atoms with E-state index < -0.39 is 11.6 Å². The molecule has 1 aromatic carbocycles. The smallest absolute Gasteiger partial charge is 0.343 e. The minimum absolute atomic E-state index is 0.0471. The van der Waals surface area contributed by atoms with Crippen LogP contribution in [0.15, 0.2) is 30.3 Å². The Morgan fingerprint density at radius 1 is 1.04 bits per heavy atom. The molecule has 26 heavy (non-hydrogen) atoms. The molecule has 1 saturated carbocycles. The van der Waals surface area contributed by atoms with Crippen LogP contribution in [0.1, 0.15) is 63.4 Å². The van der Waals surface area contributed by atoms with Crippen LogP contribution in [0.4, 0.5) is 0 Å². The van der Waals surface area contributed by atoms with Crippen molar-refractivity contribution in [2.75, 3.05) is 7.05 Å². The molecule has 3 aliphatic rings. The van der Waals surface area contributed by atoms with E-state index in [1.165, 1.54) is 19.3 Å². The van der Waals surface area contributed by atoms with Crippen molar-refractivity contribution in [1.29, 1.82) is 0 Å². The molecule has 0 amide bonds. The monoisotopic (exact) mass is 357 g/mol. The molecule has 1 unspecified atom stereocenters. The second kappa shape index (κ2) is 7.32. The highest BCUT2D eigenvalue weighted by Crippen LogP contribution is 2.42. The van der Waals surface area contributed by atoms with Crippen LogP contribution in [0.3, 0.4) is 0 Å². The van der Waals surface area contributed by atoms with Gasteiger partial charge >= 0.3 is 5.97 Å². The minimum Gasteiger partial charge on any atom is -0.460 e. The quantitative estimate of drug-likeness (QED) is 0.836. The summed E-state index contributed by atoms with van der Waals surface area (Å²) >= 11 is 0. The second-order valence-electron chi connectivity index (χ2n) is 8.52. The topological polar surface area (TPSA) is 49.8 Å². The van der Waals surface area contributed by atoms with E-state index in [9.17, 15) is 9.90 Å². The number of piperidine rings is 1. The molecule has 1 aliphatic carbocycles. The number of hydrogen-bond acceptors (Lipinski definition) is 4. The average Bonchev–Trinajstić information content (AvgIpc) is 2.89. The predicted octanol–water partition coefficient (Wildman–Crippen LogP) is 3.62. The number of carbonyl (C=O) groups excluding carboxylic acids is 1. The molecular formula is C22H31NO3. The molecule has 4 heteroatoms. The molecule has 2 aliphatic heterocycles. The van der Waals surface area contributed by atoms with E-state index in [4.69, 9.17) is 4.74 Å². The van der Waals surface area contributed by atoms with Gasteiger partial charge in [0.25, 0.3) is 0 Å². The number of esters is 1. The Hall–Kier alpha value is -1.39. The van der Waals surface area contributed by atoms with Gasteiger partial charge in [-0.2, -0.15) is 0 Å². The van der Waals surface area contributed by atoms with Gasteiger partial charge in [-0.3, -0.25) is 0 Å². The van der Waals surface area contributed by atoms with Crippen LogP contribution in [-0.2, 0) is 15.1 Å². The molecule has 1 N–H and O–H groups in total. The van der Waals surface area contributed by atoms with Crippen molar-refractivity contribution >= 4 is 5.97 Å². The van der Waals surface area contributed by atoms with Crippen molar-refractivity contribution in [3.63, 3.8) is 0 Å². The number of aliphatic hydroxyl groups is 1. The molecule has 0 aromatic heterocycles. The Morgan fingerprint density at radius 3 is 2.27 bits per heavy atom. The van der Waals surface area contributed by atoms with Crippen molar-refractivity contribution in [3.05, 3.63) is 35.9 Å². The summed E-state index contributed by atoms with van der Waals surface area (Å²) in [5.74, 6) is -0.473. The van der Waals surface area contributed by atoms with Gasteiger partial charge in [0.1, 0.15) is 6.10 Å². The van der Waals surface area contributed by atoms with Gasteiger partial charge in [-0.1, -0.05) is 49.6 Å². The van der Waals surface area contributed by atoms with E-state index in [0.29, 0.717) is 17.6 Å². The van der Waals surface area contributed by atoms with E-state index in [-0.39, 0.29) is 12.0 Å². The van der Waals surface area contributed by atoms with Crippen LogP contribution in [-0.4, -0.2) is 41.2 Å². The van der Waals surface area contributed by atoms with E-state index >= 15 is 0 Å². The molecule has 4 rings (SSSR count). The summed E-state index contributed by atoms with van der Waals surface area (Å²) in [5.41, 5.74) is -0.822. The number of carbonyl (C=O) groups is 1. The number of rotatable bonds is 4. The number of hydrogen-bond donors (Lipinski definition) is 1. The van der Waals surface area contributed by atoms with Crippen molar-refractivity contribution < 1.29 is 14.6 Å². The first-order valence-corrected chi connectivity index (χ1v) is 10.3. The highest BCUT2D eigenvalue weighted by atomic mass is 16.6. The molecule has 0 spiro atoms. The van der Waals surface area contributed by atoms with Gasteiger partial charge in [-0.05, 0) is 51.1 Å². The van der Waals surface area contributed by atoms with Crippen molar-refractivity contribution in [2.45, 2.75) is 81.6 Å². The fourth-order valence-electron chi connectivity index (χ4n) is 5.43. The predicted molar refractivity (Wildman–Crippen MR) is 101 cm³/mol. The molecular weight excluding hydrogens is 326 g/mol.